The minimum Gasteiger partial charge on any atom is -0.457 e. The molecule has 2 rings (SSSR count). The third-order valence-corrected chi connectivity index (χ3v) is 4.59. The molecule has 3 atom stereocenters. The third kappa shape index (κ3) is 1.82. The molecule has 15 heavy (non-hydrogen) atoms. The van der Waals surface area contributed by atoms with Gasteiger partial charge in [0.1, 0.15) is 5.60 Å². The second-order valence-corrected chi connectivity index (χ2v) is 4.99. The Balaban J connectivity index is 2.24. The summed E-state index contributed by atoms with van der Waals surface area (Å²) in [5.74, 6) is 0.439. The van der Waals surface area contributed by atoms with E-state index in [4.69, 9.17) is 9.47 Å². The summed E-state index contributed by atoms with van der Waals surface area (Å²) in [6, 6.07) is 0. The molecular formula is C11H15IO3. The molecule has 0 aromatic heterocycles. The molecule has 84 valence electrons. The number of hydrogen-bond acceptors (Lipinski definition) is 3. The van der Waals surface area contributed by atoms with Gasteiger partial charge in [0.25, 0.3) is 0 Å². The zero-order valence-corrected chi connectivity index (χ0v) is 10.7. The van der Waals surface area contributed by atoms with Crippen LogP contribution in [0.5, 0.6) is 0 Å². The van der Waals surface area contributed by atoms with Crippen LogP contribution < -0.4 is 0 Å². The molecule has 0 aromatic rings. The van der Waals surface area contributed by atoms with Crippen LogP contribution in [0.4, 0.5) is 0 Å². The van der Waals surface area contributed by atoms with Gasteiger partial charge in [-0.25, -0.2) is 0 Å². The molecule has 3 unspecified atom stereocenters. The Morgan fingerprint density at radius 3 is 3.07 bits per heavy atom. The third-order valence-electron chi connectivity index (χ3n) is 3.40. The van der Waals surface area contributed by atoms with Gasteiger partial charge in [0.2, 0.25) is 0 Å². The number of hydrogen-bond donors (Lipinski definition) is 0. The van der Waals surface area contributed by atoms with Crippen molar-refractivity contribution in [3.63, 3.8) is 0 Å². The lowest BCUT2D eigenvalue weighted by Gasteiger charge is -2.42. The molecule has 0 spiro atoms. The molecule has 4 heteroatoms. The molecule has 2 aliphatic rings. The minimum absolute atomic E-state index is 0.0729. The van der Waals surface area contributed by atoms with Gasteiger partial charge >= 0.3 is 5.97 Å². The van der Waals surface area contributed by atoms with Crippen LogP contribution in [0.15, 0.2) is 12.7 Å². The Morgan fingerprint density at radius 2 is 2.40 bits per heavy atom. The van der Waals surface area contributed by atoms with Gasteiger partial charge in [0, 0.05) is 16.3 Å². The van der Waals surface area contributed by atoms with Crippen LogP contribution >= 0.6 is 22.6 Å². The number of allylic oxidation sites excluding steroid dienone is 1. The summed E-state index contributed by atoms with van der Waals surface area (Å²) in [6.07, 6.45) is 3.25. The predicted molar refractivity (Wildman–Crippen MR) is 64.9 cm³/mol. The minimum atomic E-state index is -0.288. The fourth-order valence-corrected chi connectivity index (χ4v) is 3.94. The Labute approximate surface area is 103 Å². The zero-order chi connectivity index (χ0) is 10.9. The smallest absolute Gasteiger partial charge is 0.306 e. The molecule has 0 saturated carbocycles. The second kappa shape index (κ2) is 4.41. The number of alkyl halides is 1. The van der Waals surface area contributed by atoms with Crippen molar-refractivity contribution in [3.05, 3.63) is 12.7 Å². The molecule has 2 aliphatic heterocycles. The van der Waals surface area contributed by atoms with Gasteiger partial charge in [-0.1, -0.05) is 28.7 Å². The van der Waals surface area contributed by atoms with Gasteiger partial charge < -0.3 is 9.47 Å². The van der Waals surface area contributed by atoms with Crippen molar-refractivity contribution in [2.75, 3.05) is 17.6 Å². The lowest BCUT2D eigenvalue weighted by molar-refractivity contribution is -0.162. The van der Waals surface area contributed by atoms with Crippen LogP contribution in [-0.2, 0) is 14.3 Å². The van der Waals surface area contributed by atoms with E-state index in [-0.39, 0.29) is 23.4 Å². The maximum absolute atomic E-state index is 11.4. The van der Waals surface area contributed by atoms with E-state index in [1.165, 1.54) is 0 Å². The largest absolute Gasteiger partial charge is 0.457 e. The van der Waals surface area contributed by atoms with E-state index >= 15 is 0 Å². The van der Waals surface area contributed by atoms with E-state index in [9.17, 15) is 4.79 Å². The molecular weight excluding hydrogens is 307 g/mol. The lowest BCUT2D eigenvalue weighted by atomic mass is 9.76. The summed E-state index contributed by atoms with van der Waals surface area (Å²) in [5.41, 5.74) is -0.288. The number of carbonyl (C=O) groups excluding carboxylic acids is 1. The Hall–Kier alpha value is -0.100. The van der Waals surface area contributed by atoms with Crippen LogP contribution in [0, 0.1) is 11.8 Å². The van der Waals surface area contributed by atoms with E-state index in [0.29, 0.717) is 19.6 Å². The number of rotatable bonds is 3. The average Bonchev–Trinajstić information content (AvgIpc) is 2.56. The molecule has 3 nitrogen and oxygen atoms in total. The number of fused-ring (bicyclic) bond motifs is 1. The summed E-state index contributed by atoms with van der Waals surface area (Å²) in [6.45, 7) is 5.09. The van der Waals surface area contributed by atoms with E-state index in [1.807, 2.05) is 6.08 Å². The quantitative estimate of drug-likeness (QED) is 0.345. The average molecular weight is 322 g/mol. The standard InChI is InChI=1S/C11H15IO3/c1-2-3-8-5-14-6-9-4-10(13)15-11(8,9)7-12/h2,8-9H,1,3-7H2. The van der Waals surface area contributed by atoms with Crippen LogP contribution in [0.25, 0.3) is 0 Å². The maximum Gasteiger partial charge on any atom is 0.306 e. The second-order valence-electron chi connectivity index (χ2n) is 4.22. The maximum atomic E-state index is 11.4. The number of carbonyl (C=O) groups is 1. The highest BCUT2D eigenvalue weighted by molar-refractivity contribution is 14.1. The SMILES string of the molecule is C=CCC1COCC2CC(=O)OC12CI. The van der Waals surface area contributed by atoms with Gasteiger partial charge in [-0.05, 0) is 6.42 Å². The fraction of sp³-hybridized carbons (Fsp3) is 0.727. The Kier molecular flexibility index (Phi) is 3.35. The van der Waals surface area contributed by atoms with Crippen LogP contribution in [-0.4, -0.2) is 29.2 Å². The van der Waals surface area contributed by atoms with Crippen molar-refractivity contribution in [3.8, 4) is 0 Å². The normalized spacial score (nSPS) is 39.7. The van der Waals surface area contributed by atoms with Crippen LogP contribution in [0.2, 0.25) is 0 Å². The van der Waals surface area contributed by atoms with Gasteiger partial charge in [-0.15, -0.1) is 6.58 Å². The molecule has 0 aliphatic carbocycles. The molecule has 2 saturated heterocycles. The number of halogens is 1. The topological polar surface area (TPSA) is 35.5 Å². The Bertz CT molecular complexity index is 279. The molecule has 2 fully saturated rings. The lowest BCUT2D eigenvalue weighted by Crippen LogP contribution is -2.52. The predicted octanol–water partition coefficient (Wildman–Crippen LogP) is 1.95. The highest BCUT2D eigenvalue weighted by Crippen LogP contribution is 2.45. The Morgan fingerprint density at radius 1 is 1.60 bits per heavy atom. The monoisotopic (exact) mass is 322 g/mol. The zero-order valence-electron chi connectivity index (χ0n) is 8.58. The summed E-state index contributed by atoms with van der Waals surface area (Å²) >= 11 is 2.31. The van der Waals surface area contributed by atoms with Crippen molar-refractivity contribution >= 4 is 28.6 Å². The highest BCUT2D eigenvalue weighted by atomic mass is 127. The first-order chi connectivity index (χ1) is 7.23. The molecule has 0 bridgehead atoms. The molecule has 2 heterocycles. The summed E-state index contributed by atoms with van der Waals surface area (Å²) in [7, 11) is 0. The van der Waals surface area contributed by atoms with Gasteiger partial charge in [0.05, 0.1) is 19.6 Å². The van der Waals surface area contributed by atoms with Crippen molar-refractivity contribution < 1.29 is 14.3 Å². The number of ether oxygens (including phenoxy) is 2. The first kappa shape index (κ1) is 11.4. The summed E-state index contributed by atoms with van der Waals surface area (Å²) in [5, 5.41) is 0. The highest BCUT2D eigenvalue weighted by Gasteiger charge is 2.55. The molecule has 0 N–H and O–H groups in total. The van der Waals surface area contributed by atoms with Crippen molar-refractivity contribution in [1.29, 1.82) is 0 Å². The van der Waals surface area contributed by atoms with Crippen LogP contribution in [0.3, 0.4) is 0 Å². The van der Waals surface area contributed by atoms with Crippen molar-refractivity contribution in [2.45, 2.75) is 18.4 Å². The summed E-state index contributed by atoms with van der Waals surface area (Å²) in [4.78, 5) is 11.4. The van der Waals surface area contributed by atoms with Gasteiger partial charge in [-0.3, -0.25) is 4.79 Å². The van der Waals surface area contributed by atoms with E-state index in [2.05, 4.69) is 29.2 Å². The van der Waals surface area contributed by atoms with Gasteiger partial charge in [0.15, 0.2) is 0 Å². The van der Waals surface area contributed by atoms with E-state index in [1.54, 1.807) is 0 Å². The van der Waals surface area contributed by atoms with E-state index in [0.717, 1.165) is 10.8 Å². The summed E-state index contributed by atoms with van der Waals surface area (Å²) < 4.78 is 12.0. The van der Waals surface area contributed by atoms with E-state index < -0.39 is 0 Å². The molecule has 0 aromatic carbocycles. The first-order valence-electron chi connectivity index (χ1n) is 5.19. The van der Waals surface area contributed by atoms with Crippen molar-refractivity contribution in [2.24, 2.45) is 11.8 Å². The number of esters is 1. The van der Waals surface area contributed by atoms with Crippen molar-refractivity contribution in [1.82, 2.24) is 0 Å². The van der Waals surface area contributed by atoms with Gasteiger partial charge in [-0.2, -0.15) is 0 Å². The molecule has 0 radical (unpaired) electrons. The molecule has 0 amide bonds. The first-order valence-corrected chi connectivity index (χ1v) is 6.72. The fourth-order valence-electron chi connectivity index (χ4n) is 2.54. The van der Waals surface area contributed by atoms with Crippen LogP contribution in [0.1, 0.15) is 12.8 Å².